The normalized spacial score (nSPS) is 21.9. The zero-order valence-corrected chi connectivity index (χ0v) is 21.1. The summed E-state index contributed by atoms with van der Waals surface area (Å²) < 4.78 is 93.1. The molecule has 0 radical (unpaired) electrons. The highest BCUT2D eigenvalue weighted by atomic mass is 32.2. The van der Waals surface area contributed by atoms with Crippen LogP contribution in [0.3, 0.4) is 0 Å². The molecule has 204 valence electrons. The van der Waals surface area contributed by atoms with E-state index in [-0.39, 0.29) is 23.0 Å². The van der Waals surface area contributed by atoms with Gasteiger partial charge in [-0.05, 0) is 55.2 Å². The van der Waals surface area contributed by atoms with E-state index in [0.717, 1.165) is 12.1 Å². The van der Waals surface area contributed by atoms with Crippen LogP contribution in [-0.2, 0) is 17.5 Å². The second-order valence-corrected chi connectivity index (χ2v) is 10.7. The second kappa shape index (κ2) is 11.3. The number of nitrogens with zero attached hydrogens (tertiary/aromatic N) is 2. The SMILES string of the molecule is C[C@@H]1Cc2cc(S(=O)O)ccc2[C@@H](c2c(F)cc(NC3CN(CCCF)C3)cc2F)N1CC(F)(F)CO. The minimum absolute atomic E-state index is 0.0581. The lowest BCUT2D eigenvalue weighted by atomic mass is 9.84. The Labute approximate surface area is 214 Å². The van der Waals surface area contributed by atoms with Crippen LogP contribution in [0, 0.1) is 11.6 Å². The van der Waals surface area contributed by atoms with Crippen molar-refractivity contribution in [2.24, 2.45) is 0 Å². The number of aliphatic hydroxyl groups excluding tert-OH is 1. The molecular formula is C25H30F5N3O3S. The number of anilines is 1. The van der Waals surface area contributed by atoms with Gasteiger partial charge in [-0.25, -0.2) is 21.8 Å². The third kappa shape index (κ3) is 6.14. The van der Waals surface area contributed by atoms with Crippen molar-refractivity contribution in [2.75, 3.05) is 44.8 Å². The molecule has 0 aliphatic carbocycles. The van der Waals surface area contributed by atoms with Crippen molar-refractivity contribution in [3.63, 3.8) is 0 Å². The smallest absolute Gasteiger partial charge is 0.283 e. The van der Waals surface area contributed by atoms with E-state index in [2.05, 4.69) is 5.32 Å². The van der Waals surface area contributed by atoms with Gasteiger partial charge < -0.3 is 15.0 Å². The van der Waals surface area contributed by atoms with Crippen LogP contribution in [0.25, 0.3) is 0 Å². The standard InChI is InChI=1S/C25H30F5N3O3S/c1-15-7-16-8-19(37(35)36)3-4-20(16)24(33(15)13-25(29,30)14-34)23-21(27)9-17(10-22(23)28)31-18-11-32(12-18)6-2-5-26/h3-4,8-10,15,18,24,31,34H,2,5-7,11-14H2,1H3,(H,35,36)/t15-,24+/m1/s1. The number of aliphatic hydroxyl groups is 1. The van der Waals surface area contributed by atoms with Crippen LogP contribution < -0.4 is 5.32 Å². The number of rotatable bonds is 10. The van der Waals surface area contributed by atoms with Crippen LogP contribution in [0.15, 0.2) is 35.2 Å². The number of halogens is 5. The summed E-state index contributed by atoms with van der Waals surface area (Å²) in [6, 6.07) is 4.56. The lowest BCUT2D eigenvalue weighted by molar-refractivity contribution is -0.0867. The zero-order valence-electron chi connectivity index (χ0n) is 20.3. The van der Waals surface area contributed by atoms with E-state index in [4.69, 9.17) is 5.11 Å². The van der Waals surface area contributed by atoms with Gasteiger partial charge in [0.25, 0.3) is 5.92 Å². The fourth-order valence-electron chi connectivity index (χ4n) is 5.18. The van der Waals surface area contributed by atoms with E-state index in [1.54, 1.807) is 6.92 Å². The largest absolute Gasteiger partial charge is 0.390 e. The molecule has 4 rings (SSSR count). The van der Waals surface area contributed by atoms with Gasteiger partial charge in [0.1, 0.15) is 18.2 Å². The van der Waals surface area contributed by atoms with Crippen molar-refractivity contribution in [3.05, 3.63) is 58.7 Å². The van der Waals surface area contributed by atoms with E-state index in [9.17, 15) is 21.9 Å². The third-order valence-electron chi connectivity index (χ3n) is 6.96. The highest BCUT2D eigenvalue weighted by Gasteiger charge is 2.42. The first-order valence-corrected chi connectivity index (χ1v) is 13.2. The molecule has 1 unspecified atom stereocenters. The molecule has 1 saturated heterocycles. The minimum Gasteiger partial charge on any atom is -0.390 e. The van der Waals surface area contributed by atoms with Gasteiger partial charge in [-0.3, -0.25) is 14.2 Å². The molecule has 12 heteroatoms. The minimum atomic E-state index is -3.51. The molecule has 3 atom stereocenters. The fraction of sp³-hybridized carbons (Fsp3) is 0.520. The van der Waals surface area contributed by atoms with Crippen molar-refractivity contribution in [2.45, 2.75) is 48.7 Å². The highest BCUT2D eigenvalue weighted by molar-refractivity contribution is 7.79. The summed E-state index contributed by atoms with van der Waals surface area (Å²) in [6.45, 7) is 0.691. The maximum atomic E-state index is 15.5. The summed E-state index contributed by atoms with van der Waals surface area (Å²) in [5, 5.41) is 12.2. The average Bonchev–Trinajstić information content (AvgIpc) is 2.81. The van der Waals surface area contributed by atoms with Crippen LogP contribution in [-0.4, -0.2) is 81.1 Å². The fourth-order valence-corrected chi connectivity index (χ4v) is 5.61. The number of hydrogen-bond acceptors (Lipinski definition) is 5. The molecule has 2 aliphatic heterocycles. The lowest BCUT2D eigenvalue weighted by Crippen LogP contribution is -2.54. The number of fused-ring (bicyclic) bond motifs is 1. The first-order chi connectivity index (χ1) is 17.5. The molecule has 2 aromatic rings. The monoisotopic (exact) mass is 547 g/mol. The summed E-state index contributed by atoms with van der Waals surface area (Å²) in [6.07, 6.45) is 0.634. The van der Waals surface area contributed by atoms with Crippen LogP contribution in [0.4, 0.5) is 27.6 Å². The van der Waals surface area contributed by atoms with Crippen molar-refractivity contribution in [3.8, 4) is 0 Å². The molecular weight excluding hydrogens is 517 g/mol. The maximum Gasteiger partial charge on any atom is 0.283 e. The summed E-state index contributed by atoms with van der Waals surface area (Å²) >= 11 is -2.28. The third-order valence-corrected chi connectivity index (χ3v) is 7.61. The Hall–Kier alpha value is -2.12. The Kier molecular flexibility index (Phi) is 8.54. The van der Waals surface area contributed by atoms with Gasteiger partial charge in [-0.2, -0.15) is 0 Å². The van der Waals surface area contributed by atoms with Crippen molar-refractivity contribution in [1.82, 2.24) is 9.80 Å². The molecule has 0 spiro atoms. The molecule has 1 fully saturated rings. The quantitative estimate of drug-likeness (QED) is 0.309. The number of alkyl halides is 3. The molecule has 6 nitrogen and oxygen atoms in total. The van der Waals surface area contributed by atoms with Crippen LogP contribution >= 0.6 is 0 Å². The lowest BCUT2D eigenvalue weighted by Gasteiger charge is -2.43. The average molecular weight is 548 g/mol. The van der Waals surface area contributed by atoms with Gasteiger partial charge in [0.05, 0.1) is 30.2 Å². The first-order valence-electron chi connectivity index (χ1n) is 12.0. The van der Waals surface area contributed by atoms with E-state index in [1.165, 1.54) is 23.1 Å². The Bertz CT molecular complexity index is 1130. The van der Waals surface area contributed by atoms with Gasteiger partial charge >= 0.3 is 0 Å². The molecule has 2 aromatic carbocycles. The molecule has 2 aliphatic rings. The molecule has 37 heavy (non-hydrogen) atoms. The topological polar surface area (TPSA) is 76.0 Å². The predicted octanol–water partition coefficient (Wildman–Crippen LogP) is 3.96. The number of hydrogen-bond donors (Lipinski definition) is 3. The highest BCUT2D eigenvalue weighted by Crippen LogP contribution is 2.42. The summed E-state index contributed by atoms with van der Waals surface area (Å²) in [5.41, 5.74) is 0.672. The Morgan fingerprint density at radius 1 is 1.16 bits per heavy atom. The number of nitrogens with one attached hydrogen (secondary N) is 1. The van der Waals surface area contributed by atoms with Gasteiger partial charge in [-0.1, -0.05) is 6.07 Å². The van der Waals surface area contributed by atoms with Crippen molar-refractivity contribution in [1.29, 1.82) is 0 Å². The summed E-state index contributed by atoms with van der Waals surface area (Å²) in [4.78, 5) is 3.38. The second-order valence-electron chi connectivity index (χ2n) is 9.75. The Balaban J connectivity index is 1.68. The van der Waals surface area contributed by atoms with Crippen LogP contribution in [0.2, 0.25) is 0 Å². The molecule has 0 bridgehead atoms. The van der Waals surface area contributed by atoms with Gasteiger partial charge in [0, 0.05) is 36.9 Å². The van der Waals surface area contributed by atoms with Crippen molar-refractivity contribution >= 4 is 16.8 Å². The van der Waals surface area contributed by atoms with E-state index in [1.807, 2.05) is 4.90 Å². The van der Waals surface area contributed by atoms with Gasteiger partial charge in [0.2, 0.25) is 0 Å². The van der Waals surface area contributed by atoms with E-state index in [0.29, 0.717) is 37.2 Å². The Morgan fingerprint density at radius 2 is 1.84 bits per heavy atom. The Morgan fingerprint density at radius 3 is 2.43 bits per heavy atom. The van der Waals surface area contributed by atoms with E-state index >= 15 is 8.78 Å². The molecule has 0 saturated carbocycles. The van der Waals surface area contributed by atoms with Gasteiger partial charge in [0.15, 0.2) is 11.1 Å². The van der Waals surface area contributed by atoms with Crippen LogP contribution in [0.5, 0.6) is 0 Å². The predicted molar refractivity (Wildman–Crippen MR) is 130 cm³/mol. The number of benzene rings is 2. The zero-order chi connectivity index (χ0) is 26.9. The number of likely N-dealkylation sites (tertiary alicyclic amines) is 1. The summed E-state index contributed by atoms with van der Waals surface area (Å²) in [7, 11) is 0. The van der Waals surface area contributed by atoms with E-state index < -0.39 is 66.1 Å². The molecule has 2 heterocycles. The summed E-state index contributed by atoms with van der Waals surface area (Å²) in [5.74, 6) is -5.36. The molecule has 0 aromatic heterocycles. The molecule has 3 N–H and O–H groups in total. The maximum absolute atomic E-state index is 15.5. The molecule has 0 amide bonds. The first kappa shape index (κ1) is 27.9. The van der Waals surface area contributed by atoms with Gasteiger partial charge in [-0.15, -0.1) is 0 Å². The van der Waals surface area contributed by atoms with Crippen LogP contribution in [0.1, 0.15) is 36.1 Å². The van der Waals surface area contributed by atoms with Crippen molar-refractivity contribution < 1.29 is 35.8 Å².